The monoisotopic (exact) mass is 414 g/mol. The zero-order chi connectivity index (χ0) is 20.8. The summed E-state index contributed by atoms with van der Waals surface area (Å²) in [6, 6.07) is 0.157. The van der Waals surface area contributed by atoms with E-state index in [9.17, 15) is 13.2 Å². The average molecular weight is 415 g/mol. The minimum Gasteiger partial charge on any atom is -0.357 e. The summed E-state index contributed by atoms with van der Waals surface area (Å²) < 4.78 is 23.7. The molecule has 0 spiro atoms. The molecule has 2 rings (SSSR count). The Morgan fingerprint density at radius 2 is 1.82 bits per heavy atom. The molecule has 0 aromatic rings. The van der Waals surface area contributed by atoms with Gasteiger partial charge in [-0.15, -0.1) is 0 Å². The molecular weight excluding hydrogens is 376 g/mol. The fourth-order valence-electron chi connectivity index (χ4n) is 3.78. The molecule has 2 N–H and O–H groups in total. The highest BCUT2D eigenvalue weighted by molar-refractivity contribution is 7.92. The van der Waals surface area contributed by atoms with E-state index in [-0.39, 0.29) is 24.3 Å². The minimum atomic E-state index is -3.18. The molecule has 1 saturated carbocycles. The van der Waals surface area contributed by atoms with Gasteiger partial charge in [-0.25, -0.2) is 8.42 Å². The Morgan fingerprint density at radius 3 is 2.43 bits per heavy atom. The van der Waals surface area contributed by atoms with E-state index in [0.29, 0.717) is 25.0 Å². The van der Waals surface area contributed by atoms with E-state index in [1.54, 1.807) is 20.8 Å². The van der Waals surface area contributed by atoms with E-state index >= 15 is 0 Å². The summed E-state index contributed by atoms with van der Waals surface area (Å²) in [5, 5.41) is 6.56. The maximum Gasteiger partial charge on any atom is 0.225 e. The number of carbonyl (C=O) groups excluding carboxylic acids is 1. The van der Waals surface area contributed by atoms with Crippen molar-refractivity contribution in [1.82, 2.24) is 15.5 Å². The summed E-state index contributed by atoms with van der Waals surface area (Å²) >= 11 is 0. The van der Waals surface area contributed by atoms with Crippen molar-refractivity contribution in [2.24, 2.45) is 10.9 Å². The number of amides is 1. The predicted molar refractivity (Wildman–Crippen MR) is 114 cm³/mol. The summed E-state index contributed by atoms with van der Waals surface area (Å²) in [6.07, 6.45) is 6.53. The molecule has 0 aromatic carbocycles. The first-order chi connectivity index (χ1) is 13.1. The first kappa shape index (κ1) is 23.0. The SMILES string of the molecule is CCNC(=NCCS(=O)(=O)C(C)(C)C)NC1CCN(C(=O)C2CCCCC2)C1. The molecule has 0 aromatic heterocycles. The smallest absolute Gasteiger partial charge is 0.225 e. The van der Waals surface area contributed by atoms with E-state index in [4.69, 9.17) is 0 Å². The lowest BCUT2D eigenvalue weighted by atomic mass is 9.88. The zero-order valence-corrected chi connectivity index (χ0v) is 18.8. The van der Waals surface area contributed by atoms with Crippen LogP contribution in [-0.2, 0) is 14.6 Å². The fourth-order valence-corrected chi connectivity index (χ4v) is 4.73. The molecule has 2 aliphatic rings. The van der Waals surface area contributed by atoms with Gasteiger partial charge in [0.1, 0.15) is 0 Å². The van der Waals surface area contributed by atoms with Gasteiger partial charge in [-0.3, -0.25) is 9.79 Å². The van der Waals surface area contributed by atoms with Crippen LogP contribution >= 0.6 is 0 Å². The maximum absolute atomic E-state index is 12.7. The molecule has 162 valence electrons. The summed E-state index contributed by atoms with van der Waals surface area (Å²) in [5.74, 6) is 1.17. The molecule has 1 aliphatic carbocycles. The van der Waals surface area contributed by atoms with Crippen LogP contribution in [0.25, 0.3) is 0 Å². The third kappa shape index (κ3) is 6.36. The lowest BCUT2D eigenvalue weighted by Gasteiger charge is -2.26. The molecule has 28 heavy (non-hydrogen) atoms. The van der Waals surface area contributed by atoms with Crippen molar-refractivity contribution in [2.75, 3.05) is 31.9 Å². The van der Waals surface area contributed by atoms with Gasteiger partial charge in [0.2, 0.25) is 5.91 Å². The topological polar surface area (TPSA) is 90.9 Å². The Bertz CT molecular complexity index is 649. The first-order valence-corrected chi connectivity index (χ1v) is 12.3. The Hall–Kier alpha value is -1.31. The Balaban J connectivity index is 1.87. The van der Waals surface area contributed by atoms with Gasteiger partial charge in [0, 0.05) is 31.6 Å². The van der Waals surface area contributed by atoms with Gasteiger partial charge in [0.15, 0.2) is 15.8 Å². The second kappa shape index (κ2) is 9.94. The van der Waals surface area contributed by atoms with Crippen molar-refractivity contribution < 1.29 is 13.2 Å². The third-order valence-corrected chi connectivity index (χ3v) is 8.29. The number of sulfone groups is 1. The fraction of sp³-hybridized carbons (Fsp3) is 0.900. The molecule has 1 aliphatic heterocycles. The number of hydrogen-bond donors (Lipinski definition) is 2. The van der Waals surface area contributed by atoms with Crippen molar-refractivity contribution in [3.05, 3.63) is 0 Å². The highest BCUT2D eigenvalue weighted by Crippen LogP contribution is 2.26. The molecule has 1 heterocycles. The average Bonchev–Trinajstić information content (AvgIpc) is 3.09. The highest BCUT2D eigenvalue weighted by atomic mass is 32.2. The van der Waals surface area contributed by atoms with E-state index < -0.39 is 14.6 Å². The van der Waals surface area contributed by atoms with Crippen molar-refractivity contribution in [3.63, 3.8) is 0 Å². The summed E-state index contributed by atoms with van der Waals surface area (Å²) in [5.41, 5.74) is 0. The van der Waals surface area contributed by atoms with Crippen LogP contribution in [0.5, 0.6) is 0 Å². The number of nitrogens with one attached hydrogen (secondary N) is 2. The van der Waals surface area contributed by atoms with E-state index in [1.807, 2.05) is 11.8 Å². The van der Waals surface area contributed by atoms with Gasteiger partial charge >= 0.3 is 0 Å². The van der Waals surface area contributed by atoms with E-state index in [0.717, 1.165) is 25.8 Å². The molecule has 0 bridgehead atoms. The van der Waals surface area contributed by atoms with Crippen molar-refractivity contribution in [1.29, 1.82) is 0 Å². The minimum absolute atomic E-state index is 0.0318. The van der Waals surface area contributed by atoms with E-state index in [1.165, 1.54) is 19.3 Å². The maximum atomic E-state index is 12.7. The summed E-state index contributed by atoms with van der Waals surface area (Å²) in [6.45, 7) is 9.53. The van der Waals surface area contributed by atoms with Crippen molar-refractivity contribution >= 4 is 21.7 Å². The predicted octanol–water partition coefficient (Wildman–Crippen LogP) is 1.94. The lowest BCUT2D eigenvalue weighted by molar-refractivity contribution is -0.135. The Kier molecular flexibility index (Phi) is 8.16. The number of carbonyl (C=O) groups is 1. The van der Waals surface area contributed by atoms with Crippen LogP contribution in [0, 0.1) is 5.92 Å². The molecule has 2 fully saturated rings. The van der Waals surface area contributed by atoms with Gasteiger partial charge in [-0.1, -0.05) is 19.3 Å². The molecule has 7 nitrogen and oxygen atoms in total. The zero-order valence-electron chi connectivity index (χ0n) is 18.0. The third-order valence-electron chi connectivity index (χ3n) is 5.70. The van der Waals surface area contributed by atoms with Crippen LogP contribution in [0.1, 0.15) is 66.2 Å². The van der Waals surface area contributed by atoms with Crippen molar-refractivity contribution in [3.8, 4) is 0 Å². The quantitative estimate of drug-likeness (QED) is 0.512. The number of hydrogen-bond acceptors (Lipinski definition) is 4. The Morgan fingerprint density at radius 1 is 1.14 bits per heavy atom. The standard InChI is InChI=1S/C20H38N4O3S/c1-5-21-19(22-12-14-28(26,27)20(2,3)4)23-17-11-13-24(15-17)18(25)16-9-7-6-8-10-16/h16-17H,5-15H2,1-4H3,(H2,21,22,23). The van der Waals surface area contributed by atoms with Gasteiger partial charge in [-0.05, 0) is 47.0 Å². The molecular formula is C20H38N4O3S. The molecule has 1 saturated heterocycles. The number of guanidine groups is 1. The van der Waals surface area contributed by atoms with Crippen LogP contribution in [-0.4, -0.2) is 67.9 Å². The number of aliphatic imine (C=N–C) groups is 1. The molecule has 1 unspecified atom stereocenters. The van der Waals surface area contributed by atoms with Crippen LogP contribution in [0.15, 0.2) is 4.99 Å². The van der Waals surface area contributed by atoms with Crippen LogP contribution in [0.4, 0.5) is 0 Å². The van der Waals surface area contributed by atoms with E-state index in [2.05, 4.69) is 15.6 Å². The second-order valence-electron chi connectivity index (χ2n) is 8.94. The van der Waals surface area contributed by atoms with Gasteiger partial charge in [0.05, 0.1) is 17.0 Å². The normalized spacial score (nSPS) is 22.4. The molecule has 0 radical (unpaired) electrons. The first-order valence-electron chi connectivity index (χ1n) is 10.7. The number of likely N-dealkylation sites (tertiary alicyclic amines) is 1. The largest absolute Gasteiger partial charge is 0.357 e. The lowest BCUT2D eigenvalue weighted by Crippen LogP contribution is -2.46. The summed E-state index contributed by atoms with van der Waals surface area (Å²) in [7, 11) is -3.18. The van der Waals surface area contributed by atoms with Gasteiger partial charge in [0.25, 0.3) is 0 Å². The van der Waals surface area contributed by atoms with Gasteiger partial charge in [-0.2, -0.15) is 0 Å². The Labute approximate surface area is 170 Å². The second-order valence-corrected chi connectivity index (χ2v) is 11.8. The van der Waals surface area contributed by atoms with Crippen LogP contribution in [0.2, 0.25) is 0 Å². The summed E-state index contributed by atoms with van der Waals surface area (Å²) in [4.78, 5) is 19.2. The molecule has 8 heteroatoms. The number of rotatable bonds is 6. The van der Waals surface area contributed by atoms with Crippen LogP contribution in [0.3, 0.4) is 0 Å². The van der Waals surface area contributed by atoms with Crippen molar-refractivity contribution in [2.45, 2.75) is 77.0 Å². The van der Waals surface area contributed by atoms with Gasteiger partial charge < -0.3 is 15.5 Å². The number of nitrogens with zero attached hydrogens (tertiary/aromatic N) is 2. The molecule has 1 amide bonds. The van der Waals surface area contributed by atoms with Crippen LogP contribution < -0.4 is 10.6 Å². The molecule has 1 atom stereocenters. The highest BCUT2D eigenvalue weighted by Gasteiger charge is 2.32.